The van der Waals surface area contributed by atoms with Gasteiger partial charge in [0.25, 0.3) is 0 Å². The number of carbonyl (C=O) groups excluding carboxylic acids is 1. The first-order chi connectivity index (χ1) is 11.9. The van der Waals surface area contributed by atoms with E-state index in [-0.39, 0.29) is 10.8 Å². The van der Waals surface area contributed by atoms with E-state index in [1.54, 1.807) is 30.6 Å². The minimum atomic E-state index is -3.51. The number of fused-ring (bicyclic) bond motifs is 1. The van der Waals surface area contributed by atoms with Crippen molar-refractivity contribution in [2.24, 2.45) is 0 Å². The first-order valence-electron chi connectivity index (χ1n) is 8.26. The Morgan fingerprint density at radius 3 is 2.72 bits per heavy atom. The van der Waals surface area contributed by atoms with E-state index in [0.717, 1.165) is 5.52 Å². The van der Waals surface area contributed by atoms with Crippen molar-refractivity contribution in [3.05, 3.63) is 37.2 Å². The number of sulfonamides is 1. The van der Waals surface area contributed by atoms with Crippen molar-refractivity contribution < 1.29 is 13.2 Å². The van der Waals surface area contributed by atoms with Crippen LogP contribution in [0.1, 0.15) is 20.3 Å². The molecule has 0 bridgehead atoms. The van der Waals surface area contributed by atoms with Crippen molar-refractivity contribution in [2.75, 3.05) is 19.6 Å². The first-order valence-corrected chi connectivity index (χ1v) is 9.70. The number of amides is 1. The van der Waals surface area contributed by atoms with Crippen molar-refractivity contribution in [3.8, 4) is 0 Å². The molecule has 0 saturated carbocycles. The highest BCUT2D eigenvalue weighted by molar-refractivity contribution is 7.89. The number of hydrogen-bond donors (Lipinski definition) is 1. The zero-order valence-corrected chi connectivity index (χ0v) is 15.4. The fourth-order valence-corrected chi connectivity index (χ4v) is 4.07. The summed E-state index contributed by atoms with van der Waals surface area (Å²) >= 11 is 0. The number of aromatic nitrogens is 2. The topological polar surface area (TPSA) is 84.3 Å². The Labute approximate surface area is 148 Å². The molecule has 0 aliphatic carbocycles. The smallest absolute Gasteiger partial charge is 0.243 e. The van der Waals surface area contributed by atoms with Gasteiger partial charge in [-0.25, -0.2) is 13.4 Å². The molecule has 136 valence electrons. The number of aryl methyl sites for hydroxylation is 1. The lowest BCUT2D eigenvalue weighted by atomic mass is 10.3. The van der Waals surface area contributed by atoms with Crippen molar-refractivity contribution in [3.63, 3.8) is 0 Å². The molecule has 1 aromatic heterocycles. The van der Waals surface area contributed by atoms with Crippen LogP contribution in [0.3, 0.4) is 0 Å². The molecule has 0 aliphatic heterocycles. The second-order valence-electron chi connectivity index (χ2n) is 5.52. The molecule has 1 N–H and O–H groups in total. The Bertz CT molecular complexity index is 854. The van der Waals surface area contributed by atoms with Crippen molar-refractivity contribution in [2.45, 2.75) is 31.7 Å². The third-order valence-electron chi connectivity index (χ3n) is 3.96. The van der Waals surface area contributed by atoms with E-state index in [1.165, 1.54) is 4.31 Å². The summed E-state index contributed by atoms with van der Waals surface area (Å²) in [5, 5.41) is 2.72. The third kappa shape index (κ3) is 4.26. The molecule has 0 saturated heterocycles. The van der Waals surface area contributed by atoms with Gasteiger partial charge in [-0.15, -0.1) is 6.58 Å². The molecule has 1 heterocycles. The predicted octanol–water partition coefficient (Wildman–Crippen LogP) is 1.76. The summed E-state index contributed by atoms with van der Waals surface area (Å²) < 4.78 is 28.4. The minimum absolute atomic E-state index is 0.0671. The second kappa shape index (κ2) is 8.26. The summed E-state index contributed by atoms with van der Waals surface area (Å²) in [5.74, 6) is -0.0671. The van der Waals surface area contributed by atoms with Crippen LogP contribution in [-0.4, -0.2) is 47.8 Å². The van der Waals surface area contributed by atoms with Gasteiger partial charge in [-0.05, 0) is 18.2 Å². The number of imidazole rings is 1. The van der Waals surface area contributed by atoms with Gasteiger partial charge in [-0.1, -0.05) is 19.9 Å². The molecule has 7 nitrogen and oxygen atoms in total. The molecule has 2 rings (SSSR count). The van der Waals surface area contributed by atoms with Crippen LogP contribution < -0.4 is 5.32 Å². The number of nitrogens with one attached hydrogen (secondary N) is 1. The maximum atomic E-state index is 12.6. The maximum Gasteiger partial charge on any atom is 0.243 e. The van der Waals surface area contributed by atoms with E-state index in [0.29, 0.717) is 38.1 Å². The normalized spacial score (nSPS) is 11.8. The van der Waals surface area contributed by atoms with Crippen LogP contribution in [0.2, 0.25) is 0 Å². The zero-order chi connectivity index (χ0) is 18.4. The summed E-state index contributed by atoms with van der Waals surface area (Å²) in [5.41, 5.74) is 1.40. The highest BCUT2D eigenvalue weighted by Gasteiger charge is 2.22. The highest BCUT2D eigenvalue weighted by Crippen LogP contribution is 2.21. The highest BCUT2D eigenvalue weighted by atomic mass is 32.2. The Kier molecular flexibility index (Phi) is 6.33. The summed E-state index contributed by atoms with van der Waals surface area (Å²) in [6, 6.07) is 4.91. The van der Waals surface area contributed by atoms with Gasteiger partial charge < -0.3 is 9.88 Å². The van der Waals surface area contributed by atoms with E-state index in [2.05, 4.69) is 16.9 Å². The van der Waals surface area contributed by atoms with Gasteiger partial charge in [0.2, 0.25) is 15.9 Å². The van der Waals surface area contributed by atoms with Gasteiger partial charge in [0.1, 0.15) is 0 Å². The van der Waals surface area contributed by atoms with E-state index in [9.17, 15) is 13.2 Å². The molecule has 8 heteroatoms. The van der Waals surface area contributed by atoms with Gasteiger partial charge in [0.05, 0.1) is 22.3 Å². The van der Waals surface area contributed by atoms with Crippen LogP contribution in [0.5, 0.6) is 0 Å². The van der Waals surface area contributed by atoms with E-state index in [1.807, 2.05) is 18.4 Å². The predicted molar refractivity (Wildman–Crippen MR) is 97.7 cm³/mol. The molecule has 0 radical (unpaired) electrons. The molecule has 0 spiro atoms. The first kappa shape index (κ1) is 19.1. The monoisotopic (exact) mass is 364 g/mol. The van der Waals surface area contributed by atoms with Crippen LogP contribution in [0.15, 0.2) is 42.1 Å². The lowest BCUT2D eigenvalue weighted by Gasteiger charge is -2.18. The van der Waals surface area contributed by atoms with Crippen LogP contribution in [0.25, 0.3) is 11.0 Å². The Hall–Kier alpha value is -2.19. The Morgan fingerprint density at radius 2 is 2.08 bits per heavy atom. The molecule has 25 heavy (non-hydrogen) atoms. The lowest BCUT2D eigenvalue weighted by Crippen LogP contribution is -2.30. The molecular formula is C17H24N4O3S. The lowest BCUT2D eigenvalue weighted by molar-refractivity contribution is -0.121. The second-order valence-corrected chi connectivity index (χ2v) is 7.46. The number of rotatable bonds is 9. The molecular weight excluding hydrogens is 340 g/mol. The Morgan fingerprint density at radius 1 is 1.36 bits per heavy atom. The average Bonchev–Trinajstić information content (AvgIpc) is 3.01. The molecule has 0 atom stereocenters. The SMILES string of the molecule is C=CCNC(=O)CCn1cnc2cc(S(=O)(=O)N(CC)CC)ccc21. The standard InChI is InChI=1S/C17H24N4O3S/c1-4-10-18-17(22)9-11-20-13-19-15-12-14(7-8-16(15)20)25(23,24)21(5-2)6-3/h4,7-8,12-13H,1,5-6,9-11H2,2-3H3,(H,18,22). The van der Waals surface area contributed by atoms with Gasteiger partial charge in [-0.2, -0.15) is 4.31 Å². The van der Waals surface area contributed by atoms with E-state index >= 15 is 0 Å². The number of hydrogen-bond acceptors (Lipinski definition) is 4. The number of benzene rings is 1. The largest absolute Gasteiger partial charge is 0.353 e. The fraction of sp³-hybridized carbons (Fsp3) is 0.412. The number of carbonyl (C=O) groups is 1. The van der Waals surface area contributed by atoms with Crippen molar-refractivity contribution in [1.82, 2.24) is 19.2 Å². The molecule has 0 aliphatic rings. The third-order valence-corrected chi connectivity index (χ3v) is 6.00. The van der Waals surface area contributed by atoms with Crippen LogP contribution in [0, 0.1) is 0 Å². The van der Waals surface area contributed by atoms with Gasteiger partial charge in [-0.3, -0.25) is 4.79 Å². The molecule has 1 aromatic carbocycles. The molecule has 0 fully saturated rings. The Balaban J connectivity index is 2.21. The molecule has 2 aromatic rings. The zero-order valence-electron chi connectivity index (χ0n) is 14.6. The van der Waals surface area contributed by atoms with Gasteiger partial charge >= 0.3 is 0 Å². The van der Waals surface area contributed by atoms with Crippen LogP contribution in [0.4, 0.5) is 0 Å². The van der Waals surface area contributed by atoms with Crippen LogP contribution >= 0.6 is 0 Å². The minimum Gasteiger partial charge on any atom is -0.353 e. The van der Waals surface area contributed by atoms with E-state index in [4.69, 9.17) is 0 Å². The fourth-order valence-electron chi connectivity index (χ4n) is 2.59. The molecule has 1 amide bonds. The average molecular weight is 364 g/mol. The van der Waals surface area contributed by atoms with Gasteiger partial charge in [0, 0.05) is 32.6 Å². The summed E-state index contributed by atoms with van der Waals surface area (Å²) in [6.45, 7) is 8.93. The maximum absolute atomic E-state index is 12.6. The summed E-state index contributed by atoms with van der Waals surface area (Å²) in [7, 11) is -3.51. The van der Waals surface area contributed by atoms with Crippen molar-refractivity contribution in [1.29, 1.82) is 0 Å². The van der Waals surface area contributed by atoms with Crippen LogP contribution in [-0.2, 0) is 21.4 Å². The molecule has 0 unspecified atom stereocenters. The number of nitrogens with zero attached hydrogens (tertiary/aromatic N) is 3. The summed E-state index contributed by atoms with van der Waals surface area (Å²) in [6.07, 6.45) is 3.57. The quantitative estimate of drug-likeness (QED) is 0.687. The van der Waals surface area contributed by atoms with Crippen molar-refractivity contribution >= 4 is 27.0 Å². The summed E-state index contributed by atoms with van der Waals surface area (Å²) in [4.78, 5) is 16.2. The van der Waals surface area contributed by atoms with Gasteiger partial charge in [0.15, 0.2) is 0 Å². The van der Waals surface area contributed by atoms with E-state index < -0.39 is 10.0 Å².